The van der Waals surface area contributed by atoms with Crippen LogP contribution < -0.4 is 5.32 Å². The van der Waals surface area contributed by atoms with Crippen LogP contribution in [0.4, 0.5) is 0 Å². The van der Waals surface area contributed by atoms with Crippen molar-refractivity contribution in [2.24, 2.45) is 0 Å². The van der Waals surface area contributed by atoms with E-state index in [4.69, 9.17) is 0 Å². The first-order chi connectivity index (χ1) is 6.34. The van der Waals surface area contributed by atoms with Gasteiger partial charge < -0.3 is 10.2 Å². The second-order valence-corrected chi connectivity index (χ2v) is 3.59. The minimum absolute atomic E-state index is 0.320. The zero-order valence-electron chi connectivity index (χ0n) is 8.51. The standard InChI is InChI=1S/C10H20N2O/c1-2-6-11-7-5-10(13)12-8-3-4-9-12/h11H,2-9H2,1H3. The number of amides is 1. The zero-order chi connectivity index (χ0) is 9.52. The molecule has 0 aromatic rings. The third kappa shape index (κ3) is 3.77. The molecular weight excluding hydrogens is 164 g/mol. The second-order valence-electron chi connectivity index (χ2n) is 3.59. The number of carbonyl (C=O) groups excluding carboxylic acids is 1. The lowest BCUT2D eigenvalue weighted by atomic mass is 10.3. The summed E-state index contributed by atoms with van der Waals surface area (Å²) >= 11 is 0. The van der Waals surface area contributed by atoms with Crippen molar-refractivity contribution in [3.05, 3.63) is 0 Å². The quantitative estimate of drug-likeness (QED) is 0.646. The first kappa shape index (κ1) is 10.5. The van der Waals surface area contributed by atoms with Crippen molar-refractivity contribution in [3.63, 3.8) is 0 Å². The molecule has 1 amide bonds. The third-order valence-corrected chi connectivity index (χ3v) is 2.40. The van der Waals surface area contributed by atoms with Crippen molar-refractivity contribution in [1.82, 2.24) is 10.2 Å². The van der Waals surface area contributed by atoms with Crippen LogP contribution in [-0.2, 0) is 4.79 Å². The van der Waals surface area contributed by atoms with Crippen molar-refractivity contribution in [2.45, 2.75) is 32.6 Å². The van der Waals surface area contributed by atoms with E-state index in [9.17, 15) is 4.79 Å². The van der Waals surface area contributed by atoms with E-state index >= 15 is 0 Å². The van der Waals surface area contributed by atoms with Crippen LogP contribution in [0.1, 0.15) is 32.6 Å². The fraction of sp³-hybridized carbons (Fsp3) is 0.900. The van der Waals surface area contributed by atoms with E-state index in [0.717, 1.165) is 32.6 Å². The molecule has 1 aliphatic rings. The maximum Gasteiger partial charge on any atom is 0.223 e. The molecule has 0 radical (unpaired) electrons. The number of nitrogens with one attached hydrogen (secondary N) is 1. The Morgan fingerprint density at radius 2 is 2.00 bits per heavy atom. The maximum absolute atomic E-state index is 11.5. The molecule has 0 bridgehead atoms. The Balaban J connectivity index is 2.03. The Morgan fingerprint density at radius 3 is 2.62 bits per heavy atom. The van der Waals surface area contributed by atoms with Crippen LogP contribution in [0.25, 0.3) is 0 Å². The van der Waals surface area contributed by atoms with Crippen LogP contribution in [0.5, 0.6) is 0 Å². The molecule has 0 atom stereocenters. The summed E-state index contributed by atoms with van der Waals surface area (Å²) in [5.41, 5.74) is 0. The summed E-state index contributed by atoms with van der Waals surface area (Å²) in [6, 6.07) is 0. The van der Waals surface area contributed by atoms with Gasteiger partial charge in [-0.15, -0.1) is 0 Å². The minimum atomic E-state index is 0.320. The maximum atomic E-state index is 11.5. The van der Waals surface area contributed by atoms with Crippen LogP contribution in [-0.4, -0.2) is 37.0 Å². The summed E-state index contributed by atoms with van der Waals surface area (Å²) in [6.07, 6.45) is 4.18. The van der Waals surface area contributed by atoms with Crippen molar-refractivity contribution in [2.75, 3.05) is 26.2 Å². The Morgan fingerprint density at radius 1 is 1.31 bits per heavy atom. The van der Waals surface area contributed by atoms with E-state index in [1.807, 2.05) is 4.90 Å². The number of hydrogen-bond acceptors (Lipinski definition) is 2. The predicted octanol–water partition coefficient (Wildman–Crippen LogP) is 0.998. The molecule has 1 N–H and O–H groups in total. The smallest absolute Gasteiger partial charge is 0.223 e. The van der Waals surface area contributed by atoms with E-state index < -0.39 is 0 Å². The fourth-order valence-electron chi connectivity index (χ4n) is 1.62. The molecule has 1 fully saturated rings. The Bertz CT molecular complexity index is 153. The molecule has 13 heavy (non-hydrogen) atoms. The van der Waals surface area contributed by atoms with Gasteiger partial charge in [-0.05, 0) is 25.8 Å². The second kappa shape index (κ2) is 5.97. The highest BCUT2D eigenvalue weighted by atomic mass is 16.2. The monoisotopic (exact) mass is 184 g/mol. The lowest BCUT2D eigenvalue weighted by Gasteiger charge is -2.14. The molecule has 1 heterocycles. The average molecular weight is 184 g/mol. The molecule has 0 aliphatic carbocycles. The van der Waals surface area contributed by atoms with Gasteiger partial charge in [0.15, 0.2) is 0 Å². The first-order valence-electron chi connectivity index (χ1n) is 5.33. The third-order valence-electron chi connectivity index (χ3n) is 2.40. The van der Waals surface area contributed by atoms with Gasteiger partial charge in [0.05, 0.1) is 0 Å². The van der Waals surface area contributed by atoms with E-state index in [0.29, 0.717) is 12.3 Å². The fourth-order valence-corrected chi connectivity index (χ4v) is 1.62. The largest absolute Gasteiger partial charge is 0.343 e. The van der Waals surface area contributed by atoms with Gasteiger partial charge in [-0.3, -0.25) is 4.79 Å². The van der Waals surface area contributed by atoms with Gasteiger partial charge in [0.2, 0.25) is 5.91 Å². The normalized spacial score (nSPS) is 16.5. The topological polar surface area (TPSA) is 32.3 Å². The van der Waals surface area contributed by atoms with Gasteiger partial charge in [-0.2, -0.15) is 0 Å². The SMILES string of the molecule is CCCNCCC(=O)N1CCCC1. The van der Waals surface area contributed by atoms with E-state index in [1.165, 1.54) is 12.8 Å². The van der Waals surface area contributed by atoms with Crippen molar-refractivity contribution in [1.29, 1.82) is 0 Å². The number of nitrogens with zero attached hydrogens (tertiary/aromatic N) is 1. The highest BCUT2D eigenvalue weighted by molar-refractivity contribution is 5.76. The van der Waals surface area contributed by atoms with Gasteiger partial charge in [0, 0.05) is 26.1 Å². The molecule has 76 valence electrons. The lowest BCUT2D eigenvalue weighted by Crippen LogP contribution is -2.30. The van der Waals surface area contributed by atoms with Crippen molar-refractivity contribution >= 4 is 5.91 Å². The van der Waals surface area contributed by atoms with Gasteiger partial charge in [-0.25, -0.2) is 0 Å². The summed E-state index contributed by atoms with van der Waals surface area (Å²) in [6.45, 7) is 5.95. The highest BCUT2D eigenvalue weighted by Crippen LogP contribution is 2.08. The van der Waals surface area contributed by atoms with E-state index in [2.05, 4.69) is 12.2 Å². The molecule has 3 heteroatoms. The lowest BCUT2D eigenvalue weighted by molar-refractivity contribution is -0.130. The van der Waals surface area contributed by atoms with E-state index in [-0.39, 0.29) is 0 Å². The molecule has 0 aromatic heterocycles. The molecule has 0 unspecified atom stereocenters. The number of carbonyl (C=O) groups is 1. The van der Waals surface area contributed by atoms with Crippen LogP contribution in [0, 0.1) is 0 Å². The molecule has 1 saturated heterocycles. The number of rotatable bonds is 5. The summed E-state index contributed by atoms with van der Waals surface area (Å²) in [5, 5.41) is 3.24. The van der Waals surface area contributed by atoms with Crippen LogP contribution in [0.15, 0.2) is 0 Å². The molecule has 0 spiro atoms. The van der Waals surface area contributed by atoms with Gasteiger partial charge in [-0.1, -0.05) is 6.92 Å². The molecule has 0 aromatic carbocycles. The molecule has 1 rings (SSSR count). The number of likely N-dealkylation sites (tertiary alicyclic amines) is 1. The first-order valence-corrected chi connectivity index (χ1v) is 5.33. The number of hydrogen-bond donors (Lipinski definition) is 1. The van der Waals surface area contributed by atoms with Crippen molar-refractivity contribution in [3.8, 4) is 0 Å². The Kier molecular flexibility index (Phi) is 4.83. The molecule has 3 nitrogen and oxygen atoms in total. The average Bonchev–Trinajstić information content (AvgIpc) is 2.65. The molecule has 0 saturated carbocycles. The summed E-state index contributed by atoms with van der Waals surface area (Å²) in [4.78, 5) is 13.5. The van der Waals surface area contributed by atoms with Crippen LogP contribution in [0.2, 0.25) is 0 Å². The van der Waals surface area contributed by atoms with Gasteiger partial charge >= 0.3 is 0 Å². The predicted molar refractivity (Wildman–Crippen MR) is 53.6 cm³/mol. The summed E-state index contributed by atoms with van der Waals surface area (Å²) in [5.74, 6) is 0.320. The Labute approximate surface area is 80.5 Å². The molecular formula is C10H20N2O. The summed E-state index contributed by atoms with van der Waals surface area (Å²) < 4.78 is 0. The zero-order valence-corrected chi connectivity index (χ0v) is 8.51. The van der Waals surface area contributed by atoms with Crippen LogP contribution >= 0.6 is 0 Å². The highest BCUT2D eigenvalue weighted by Gasteiger charge is 2.16. The Hall–Kier alpha value is -0.570. The molecule has 1 aliphatic heterocycles. The van der Waals surface area contributed by atoms with Gasteiger partial charge in [0.25, 0.3) is 0 Å². The summed E-state index contributed by atoms with van der Waals surface area (Å²) in [7, 11) is 0. The van der Waals surface area contributed by atoms with E-state index in [1.54, 1.807) is 0 Å². The minimum Gasteiger partial charge on any atom is -0.343 e. The van der Waals surface area contributed by atoms with Crippen molar-refractivity contribution < 1.29 is 4.79 Å². The van der Waals surface area contributed by atoms with Gasteiger partial charge in [0.1, 0.15) is 0 Å². The van der Waals surface area contributed by atoms with Crippen LogP contribution in [0.3, 0.4) is 0 Å².